The van der Waals surface area contributed by atoms with E-state index in [1.807, 2.05) is 12.1 Å². The van der Waals surface area contributed by atoms with Crippen LogP contribution < -0.4 is 14.8 Å². The molecule has 2 aromatic rings. The topological polar surface area (TPSA) is 30.5 Å². The summed E-state index contributed by atoms with van der Waals surface area (Å²) in [5.41, 5.74) is 2.46. The number of methoxy groups -OCH3 is 1. The molecule has 0 saturated carbocycles. The van der Waals surface area contributed by atoms with Gasteiger partial charge in [0.05, 0.1) is 7.11 Å². The van der Waals surface area contributed by atoms with Gasteiger partial charge in [0.1, 0.15) is 17.6 Å². The zero-order valence-corrected chi connectivity index (χ0v) is 12.6. The van der Waals surface area contributed by atoms with Gasteiger partial charge >= 0.3 is 0 Å². The molecule has 1 N–H and O–H groups in total. The standard InChI is InChI=1S/C16H19NO2S/c1-3-17-14-9-16(11-6-7-20-10-11)19-15-5-4-12(18-2)8-13(14)15/h4-8,10,14,16-17H,3,9H2,1-2H3. The first-order valence-corrected chi connectivity index (χ1v) is 7.86. The van der Waals surface area contributed by atoms with Crippen molar-refractivity contribution < 1.29 is 9.47 Å². The lowest BCUT2D eigenvalue weighted by molar-refractivity contribution is 0.152. The highest BCUT2D eigenvalue weighted by Crippen LogP contribution is 2.42. The van der Waals surface area contributed by atoms with Crippen molar-refractivity contribution in [3.8, 4) is 11.5 Å². The Balaban J connectivity index is 1.94. The van der Waals surface area contributed by atoms with Crippen LogP contribution in [0.15, 0.2) is 35.0 Å². The van der Waals surface area contributed by atoms with Gasteiger partial charge in [-0.1, -0.05) is 6.92 Å². The zero-order chi connectivity index (χ0) is 13.9. The normalized spacial score (nSPS) is 21.1. The molecular weight excluding hydrogens is 270 g/mol. The van der Waals surface area contributed by atoms with E-state index in [9.17, 15) is 0 Å². The molecule has 2 heterocycles. The first kappa shape index (κ1) is 13.5. The number of thiophene rings is 1. The minimum absolute atomic E-state index is 0.131. The maximum absolute atomic E-state index is 6.16. The number of fused-ring (bicyclic) bond motifs is 1. The van der Waals surface area contributed by atoms with Crippen LogP contribution in [-0.4, -0.2) is 13.7 Å². The van der Waals surface area contributed by atoms with E-state index in [-0.39, 0.29) is 6.10 Å². The fourth-order valence-electron chi connectivity index (χ4n) is 2.68. The highest BCUT2D eigenvalue weighted by atomic mass is 32.1. The smallest absolute Gasteiger partial charge is 0.126 e. The van der Waals surface area contributed by atoms with Crippen molar-refractivity contribution in [3.63, 3.8) is 0 Å². The first-order chi connectivity index (χ1) is 9.81. The lowest BCUT2D eigenvalue weighted by atomic mass is 9.94. The van der Waals surface area contributed by atoms with Crippen molar-refractivity contribution in [1.82, 2.24) is 5.32 Å². The van der Waals surface area contributed by atoms with Gasteiger partial charge in [0.15, 0.2) is 0 Å². The highest BCUT2D eigenvalue weighted by molar-refractivity contribution is 7.07. The first-order valence-electron chi connectivity index (χ1n) is 6.92. The molecule has 0 amide bonds. The molecule has 0 saturated heterocycles. The second-order valence-electron chi connectivity index (χ2n) is 4.91. The Hall–Kier alpha value is -1.52. The molecule has 1 aliphatic rings. The second kappa shape index (κ2) is 5.85. The Labute approximate surface area is 123 Å². The lowest BCUT2D eigenvalue weighted by Crippen LogP contribution is -2.28. The summed E-state index contributed by atoms with van der Waals surface area (Å²) in [5.74, 6) is 1.84. The Morgan fingerprint density at radius 2 is 2.30 bits per heavy atom. The van der Waals surface area contributed by atoms with E-state index in [1.54, 1.807) is 18.4 Å². The Morgan fingerprint density at radius 1 is 1.40 bits per heavy atom. The van der Waals surface area contributed by atoms with Gasteiger partial charge in [-0.15, -0.1) is 0 Å². The molecule has 0 bridgehead atoms. The number of rotatable bonds is 4. The van der Waals surface area contributed by atoms with Crippen LogP contribution in [0.25, 0.3) is 0 Å². The lowest BCUT2D eigenvalue weighted by Gasteiger charge is -2.32. The average molecular weight is 289 g/mol. The minimum atomic E-state index is 0.131. The third kappa shape index (κ3) is 2.53. The van der Waals surface area contributed by atoms with Crippen LogP contribution in [0.1, 0.15) is 36.6 Å². The maximum Gasteiger partial charge on any atom is 0.126 e. The van der Waals surface area contributed by atoms with Gasteiger partial charge in [-0.05, 0) is 41.6 Å². The summed E-state index contributed by atoms with van der Waals surface area (Å²) in [4.78, 5) is 0. The van der Waals surface area contributed by atoms with Crippen LogP contribution >= 0.6 is 11.3 Å². The molecule has 0 radical (unpaired) electrons. The van der Waals surface area contributed by atoms with E-state index >= 15 is 0 Å². The van der Waals surface area contributed by atoms with E-state index in [2.05, 4.69) is 35.1 Å². The number of hydrogen-bond donors (Lipinski definition) is 1. The third-order valence-corrected chi connectivity index (χ3v) is 4.38. The fourth-order valence-corrected chi connectivity index (χ4v) is 3.38. The van der Waals surface area contributed by atoms with Crippen LogP contribution in [0, 0.1) is 0 Å². The van der Waals surface area contributed by atoms with E-state index < -0.39 is 0 Å². The van der Waals surface area contributed by atoms with Crippen LogP contribution in [-0.2, 0) is 0 Å². The van der Waals surface area contributed by atoms with Gasteiger partial charge in [-0.3, -0.25) is 0 Å². The molecule has 0 spiro atoms. The third-order valence-electron chi connectivity index (χ3n) is 3.68. The van der Waals surface area contributed by atoms with Crippen molar-refractivity contribution >= 4 is 11.3 Å². The summed E-state index contributed by atoms with van der Waals surface area (Å²) < 4.78 is 11.5. The quantitative estimate of drug-likeness (QED) is 0.925. The fraction of sp³-hybridized carbons (Fsp3) is 0.375. The molecule has 3 rings (SSSR count). The van der Waals surface area contributed by atoms with Crippen molar-refractivity contribution in [2.24, 2.45) is 0 Å². The Morgan fingerprint density at radius 3 is 3.00 bits per heavy atom. The molecular formula is C16H19NO2S. The molecule has 1 aromatic carbocycles. The SMILES string of the molecule is CCNC1CC(c2ccsc2)Oc2ccc(OC)cc21. The summed E-state index contributed by atoms with van der Waals surface area (Å²) in [5, 5.41) is 7.82. The van der Waals surface area contributed by atoms with Gasteiger partial charge < -0.3 is 14.8 Å². The van der Waals surface area contributed by atoms with Gasteiger partial charge in [-0.2, -0.15) is 11.3 Å². The van der Waals surface area contributed by atoms with Gasteiger partial charge in [0, 0.05) is 23.6 Å². The molecule has 4 heteroatoms. The molecule has 2 unspecified atom stereocenters. The van der Waals surface area contributed by atoms with E-state index in [4.69, 9.17) is 9.47 Å². The second-order valence-corrected chi connectivity index (χ2v) is 5.69. The van der Waals surface area contributed by atoms with Gasteiger partial charge in [-0.25, -0.2) is 0 Å². The molecule has 106 valence electrons. The van der Waals surface area contributed by atoms with Gasteiger partial charge in [0.2, 0.25) is 0 Å². The van der Waals surface area contributed by atoms with Gasteiger partial charge in [0.25, 0.3) is 0 Å². The van der Waals surface area contributed by atoms with Crippen molar-refractivity contribution in [2.45, 2.75) is 25.5 Å². The number of hydrogen-bond acceptors (Lipinski definition) is 4. The Kier molecular flexibility index (Phi) is 3.94. The van der Waals surface area contributed by atoms with E-state index in [1.165, 1.54) is 11.1 Å². The Bertz CT molecular complexity index is 568. The number of ether oxygens (including phenoxy) is 2. The summed E-state index contributed by atoms with van der Waals surface area (Å²) >= 11 is 1.71. The average Bonchev–Trinajstić information content (AvgIpc) is 3.01. The largest absolute Gasteiger partial charge is 0.497 e. The summed E-state index contributed by atoms with van der Waals surface area (Å²) in [6, 6.07) is 8.50. The van der Waals surface area contributed by atoms with E-state index in [0.717, 1.165) is 24.5 Å². The minimum Gasteiger partial charge on any atom is -0.497 e. The summed E-state index contributed by atoms with van der Waals surface area (Å²) in [6.45, 7) is 3.08. The molecule has 20 heavy (non-hydrogen) atoms. The van der Waals surface area contributed by atoms with Crippen LogP contribution in [0.4, 0.5) is 0 Å². The monoisotopic (exact) mass is 289 g/mol. The maximum atomic E-state index is 6.16. The molecule has 2 atom stereocenters. The van der Waals surface area contributed by atoms with Crippen molar-refractivity contribution in [3.05, 3.63) is 46.2 Å². The molecule has 1 aliphatic heterocycles. The van der Waals surface area contributed by atoms with E-state index in [0.29, 0.717) is 6.04 Å². The number of benzene rings is 1. The summed E-state index contributed by atoms with van der Waals surface area (Å²) in [6.07, 6.45) is 1.08. The van der Waals surface area contributed by atoms with Crippen LogP contribution in [0.3, 0.4) is 0 Å². The van der Waals surface area contributed by atoms with Crippen LogP contribution in [0.5, 0.6) is 11.5 Å². The van der Waals surface area contributed by atoms with Crippen molar-refractivity contribution in [2.75, 3.05) is 13.7 Å². The van der Waals surface area contributed by atoms with Crippen molar-refractivity contribution in [1.29, 1.82) is 0 Å². The summed E-state index contributed by atoms with van der Waals surface area (Å²) in [7, 11) is 1.70. The molecule has 0 fully saturated rings. The molecule has 3 nitrogen and oxygen atoms in total. The predicted molar refractivity (Wildman–Crippen MR) is 81.7 cm³/mol. The molecule has 1 aromatic heterocycles. The van der Waals surface area contributed by atoms with Crippen LogP contribution in [0.2, 0.25) is 0 Å². The molecule has 0 aliphatic carbocycles. The number of nitrogens with one attached hydrogen (secondary N) is 1. The predicted octanol–water partition coefficient (Wildman–Crippen LogP) is 3.93. The zero-order valence-electron chi connectivity index (χ0n) is 11.8. The highest BCUT2D eigenvalue weighted by Gasteiger charge is 2.29.